The first-order valence-electron chi connectivity index (χ1n) is 6.46. The van der Waals surface area contributed by atoms with Crippen molar-refractivity contribution in [1.29, 1.82) is 0 Å². The molecule has 0 heterocycles. The molecule has 0 saturated carbocycles. The molecule has 0 aliphatic heterocycles. The first-order valence-corrected chi connectivity index (χ1v) is 7.54. The first-order chi connectivity index (χ1) is 10.9. The molecule has 0 amide bonds. The van der Waals surface area contributed by atoms with Crippen LogP contribution < -0.4 is 5.32 Å². The van der Waals surface area contributed by atoms with Gasteiger partial charge in [0.2, 0.25) is 0 Å². The highest BCUT2D eigenvalue weighted by molar-refractivity contribution is 14.1. The van der Waals surface area contributed by atoms with E-state index < -0.39 is 28.9 Å². The van der Waals surface area contributed by atoms with E-state index in [9.17, 15) is 18.0 Å². The van der Waals surface area contributed by atoms with E-state index in [2.05, 4.69) is 5.32 Å². The number of benzene rings is 2. The number of carbonyl (C=O) groups excluding carboxylic acids is 1. The van der Waals surface area contributed by atoms with E-state index in [0.29, 0.717) is 9.83 Å². The second kappa shape index (κ2) is 7.49. The summed E-state index contributed by atoms with van der Waals surface area (Å²) in [5.41, 5.74) is -0.664. The van der Waals surface area contributed by atoms with Gasteiger partial charge in [-0.25, -0.2) is 13.2 Å². The van der Waals surface area contributed by atoms with Gasteiger partial charge in [-0.1, -0.05) is 0 Å². The summed E-state index contributed by atoms with van der Waals surface area (Å²) < 4.78 is 42.1. The second-order valence-electron chi connectivity index (χ2n) is 4.55. The van der Waals surface area contributed by atoms with Crippen LogP contribution in [0.5, 0.6) is 0 Å². The van der Waals surface area contributed by atoms with Crippen molar-refractivity contribution >= 4 is 39.7 Å². The Hall–Kier alpha value is -2.03. The van der Waals surface area contributed by atoms with Crippen LogP contribution in [0.4, 0.5) is 24.5 Å². The van der Waals surface area contributed by atoms with Gasteiger partial charge in [0.1, 0.15) is 5.82 Å². The fourth-order valence-corrected chi connectivity index (χ4v) is 2.35. The highest BCUT2D eigenvalue weighted by Gasteiger charge is 2.19. The van der Waals surface area contributed by atoms with Gasteiger partial charge in [0.25, 0.3) is 0 Å². The summed E-state index contributed by atoms with van der Waals surface area (Å²) in [5.74, 6) is -3.65. The van der Waals surface area contributed by atoms with Crippen molar-refractivity contribution in [2.45, 2.75) is 6.42 Å². The summed E-state index contributed by atoms with van der Waals surface area (Å²) in [6.07, 6.45) is 1.65. The minimum absolute atomic E-state index is 0.0818. The van der Waals surface area contributed by atoms with Gasteiger partial charge in [-0.3, -0.25) is 4.79 Å². The van der Waals surface area contributed by atoms with E-state index >= 15 is 0 Å². The van der Waals surface area contributed by atoms with Crippen molar-refractivity contribution in [3.63, 3.8) is 0 Å². The summed E-state index contributed by atoms with van der Waals surface area (Å²) in [7, 11) is 0. The molecule has 3 nitrogen and oxygen atoms in total. The quantitative estimate of drug-likeness (QED) is 0.392. The lowest BCUT2D eigenvalue weighted by atomic mass is 10.0. The van der Waals surface area contributed by atoms with Gasteiger partial charge in [-0.05, 0) is 59.0 Å². The Balaban J connectivity index is 2.47. The smallest absolute Gasteiger partial charge is 0.182 e. The average molecular weight is 433 g/mol. The summed E-state index contributed by atoms with van der Waals surface area (Å²) in [5, 5.41) is 11.0. The molecule has 0 aromatic heterocycles. The Bertz CT molecular complexity index is 778. The van der Waals surface area contributed by atoms with Gasteiger partial charge in [-0.15, -0.1) is 0 Å². The van der Waals surface area contributed by atoms with E-state index in [-0.39, 0.29) is 17.7 Å². The predicted molar refractivity (Wildman–Crippen MR) is 89.5 cm³/mol. The molecule has 0 fully saturated rings. The molecule has 2 aromatic carbocycles. The Morgan fingerprint density at radius 2 is 1.91 bits per heavy atom. The predicted octanol–water partition coefficient (Wildman–Crippen LogP) is 5.10. The number of halogens is 4. The zero-order chi connectivity index (χ0) is 17.0. The molecule has 0 radical (unpaired) electrons. The standard InChI is InChI=1S/C16H11F3INO2/c17-11-5-4-10(14(23)2-1-7-22)16(15(11)19)21-13-6-3-9(20)8-12(13)18/h1,3-8,21-22H,2H2. The van der Waals surface area contributed by atoms with E-state index in [1.54, 1.807) is 6.07 Å². The molecule has 23 heavy (non-hydrogen) atoms. The van der Waals surface area contributed by atoms with Crippen LogP contribution in [0.3, 0.4) is 0 Å². The monoisotopic (exact) mass is 433 g/mol. The molecular weight excluding hydrogens is 422 g/mol. The van der Waals surface area contributed by atoms with Crippen molar-refractivity contribution in [3.05, 3.63) is 69.3 Å². The summed E-state index contributed by atoms with van der Waals surface area (Å²) in [6, 6.07) is 6.10. The van der Waals surface area contributed by atoms with Crippen molar-refractivity contribution in [1.82, 2.24) is 0 Å². The number of allylic oxidation sites excluding steroid dienone is 1. The van der Waals surface area contributed by atoms with Crippen molar-refractivity contribution in [3.8, 4) is 0 Å². The third-order valence-electron chi connectivity index (χ3n) is 2.99. The molecule has 120 valence electrons. The van der Waals surface area contributed by atoms with Crippen LogP contribution >= 0.6 is 22.6 Å². The van der Waals surface area contributed by atoms with E-state index in [1.807, 2.05) is 22.6 Å². The number of aliphatic hydroxyl groups is 1. The lowest BCUT2D eigenvalue weighted by Gasteiger charge is -2.13. The SMILES string of the molecule is O=C(CC=CO)c1ccc(F)c(F)c1Nc1ccc(I)cc1F. The number of aliphatic hydroxyl groups excluding tert-OH is 1. The van der Waals surface area contributed by atoms with Gasteiger partial charge in [0.05, 0.1) is 17.6 Å². The minimum Gasteiger partial charge on any atom is -0.516 e. The Labute approximate surface area is 144 Å². The molecular formula is C16H11F3INO2. The van der Waals surface area contributed by atoms with Gasteiger partial charge in [-0.2, -0.15) is 0 Å². The van der Waals surface area contributed by atoms with Crippen molar-refractivity contribution in [2.75, 3.05) is 5.32 Å². The molecule has 2 N–H and O–H groups in total. The summed E-state index contributed by atoms with van der Waals surface area (Å²) >= 11 is 1.91. The maximum absolute atomic E-state index is 14.1. The largest absolute Gasteiger partial charge is 0.516 e. The van der Waals surface area contributed by atoms with Gasteiger partial charge < -0.3 is 10.4 Å². The zero-order valence-electron chi connectivity index (χ0n) is 11.6. The number of carbonyl (C=O) groups is 1. The maximum Gasteiger partial charge on any atom is 0.182 e. The highest BCUT2D eigenvalue weighted by Crippen LogP contribution is 2.29. The maximum atomic E-state index is 14.1. The zero-order valence-corrected chi connectivity index (χ0v) is 13.8. The molecule has 0 saturated heterocycles. The lowest BCUT2D eigenvalue weighted by molar-refractivity contribution is 0.0995. The fourth-order valence-electron chi connectivity index (χ4n) is 1.90. The second-order valence-corrected chi connectivity index (χ2v) is 5.79. The number of anilines is 2. The van der Waals surface area contributed by atoms with Crippen LogP contribution in [0, 0.1) is 21.0 Å². The Kier molecular flexibility index (Phi) is 5.64. The molecule has 7 heteroatoms. The number of rotatable bonds is 5. The Morgan fingerprint density at radius 1 is 1.17 bits per heavy atom. The molecule has 0 unspecified atom stereocenters. The third kappa shape index (κ3) is 4.04. The normalized spacial score (nSPS) is 11.0. The average Bonchev–Trinajstić information content (AvgIpc) is 2.52. The number of ketones is 1. The molecule has 0 aliphatic carbocycles. The van der Waals surface area contributed by atoms with Gasteiger partial charge in [0, 0.05) is 15.6 Å². The minimum atomic E-state index is -1.28. The fraction of sp³-hybridized carbons (Fsp3) is 0.0625. The summed E-state index contributed by atoms with van der Waals surface area (Å²) in [4.78, 5) is 12.0. The van der Waals surface area contributed by atoms with Gasteiger partial charge in [0.15, 0.2) is 17.4 Å². The number of hydrogen-bond donors (Lipinski definition) is 2. The number of nitrogens with one attached hydrogen (secondary N) is 1. The van der Waals surface area contributed by atoms with Gasteiger partial charge >= 0.3 is 0 Å². The van der Waals surface area contributed by atoms with E-state index in [4.69, 9.17) is 5.11 Å². The Morgan fingerprint density at radius 3 is 2.57 bits per heavy atom. The number of hydrogen-bond acceptors (Lipinski definition) is 3. The van der Waals surface area contributed by atoms with E-state index in [1.165, 1.54) is 18.2 Å². The third-order valence-corrected chi connectivity index (χ3v) is 3.67. The van der Waals surface area contributed by atoms with Crippen LogP contribution in [0.25, 0.3) is 0 Å². The highest BCUT2D eigenvalue weighted by atomic mass is 127. The van der Waals surface area contributed by atoms with Crippen molar-refractivity contribution < 1.29 is 23.1 Å². The lowest BCUT2D eigenvalue weighted by Crippen LogP contribution is -2.08. The molecule has 0 atom stereocenters. The van der Waals surface area contributed by atoms with Crippen LogP contribution in [-0.4, -0.2) is 10.9 Å². The number of Topliss-reactive ketones (excluding diaryl/α,β-unsaturated/α-hetero) is 1. The van der Waals surface area contributed by atoms with Crippen LogP contribution in [-0.2, 0) is 0 Å². The molecule has 2 rings (SSSR count). The molecule has 0 aliphatic rings. The molecule has 0 bridgehead atoms. The molecule has 2 aromatic rings. The summed E-state index contributed by atoms with van der Waals surface area (Å²) in [6.45, 7) is 0. The van der Waals surface area contributed by atoms with E-state index in [0.717, 1.165) is 12.1 Å². The van der Waals surface area contributed by atoms with Crippen LogP contribution in [0.15, 0.2) is 42.7 Å². The molecule has 0 spiro atoms. The van der Waals surface area contributed by atoms with Crippen LogP contribution in [0.1, 0.15) is 16.8 Å². The van der Waals surface area contributed by atoms with Crippen molar-refractivity contribution in [2.24, 2.45) is 0 Å². The first kappa shape index (κ1) is 17.3. The topological polar surface area (TPSA) is 49.3 Å². The van der Waals surface area contributed by atoms with Crippen LogP contribution in [0.2, 0.25) is 0 Å².